The van der Waals surface area contributed by atoms with E-state index in [2.05, 4.69) is 16.0 Å². The van der Waals surface area contributed by atoms with Gasteiger partial charge in [-0.2, -0.15) is 5.26 Å². The summed E-state index contributed by atoms with van der Waals surface area (Å²) in [7, 11) is 0. The quantitative estimate of drug-likeness (QED) is 0.650. The molecule has 0 aromatic rings. The minimum absolute atomic E-state index is 0.00834. The topological polar surface area (TPSA) is 94.0 Å². The summed E-state index contributed by atoms with van der Waals surface area (Å²) in [5, 5.41) is 16.8. The van der Waals surface area contributed by atoms with Gasteiger partial charge in [-0.1, -0.05) is 19.3 Å². The van der Waals surface area contributed by atoms with Crippen molar-refractivity contribution in [1.82, 2.24) is 16.0 Å². The van der Waals surface area contributed by atoms with E-state index < -0.39 is 0 Å². The number of hydrogen-bond donors (Lipinski definition) is 3. The van der Waals surface area contributed by atoms with Crippen molar-refractivity contribution >= 4 is 11.9 Å². The monoisotopic (exact) mass is 294 g/mol. The van der Waals surface area contributed by atoms with Crippen molar-refractivity contribution in [2.75, 3.05) is 6.54 Å². The Morgan fingerprint density at radius 3 is 2.43 bits per heavy atom. The predicted molar refractivity (Wildman–Crippen MR) is 80.4 cm³/mol. The molecule has 1 saturated carbocycles. The van der Waals surface area contributed by atoms with Crippen LogP contribution in [0.3, 0.4) is 0 Å². The highest BCUT2D eigenvalue weighted by Gasteiger charge is 2.27. The Kier molecular flexibility index (Phi) is 7.59. The van der Waals surface area contributed by atoms with E-state index in [1.807, 2.05) is 19.9 Å². The maximum Gasteiger partial charge on any atom is 0.315 e. The lowest BCUT2D eigenvalue weighted by Crippen LogP contribution is -2.49. The smallest absolute Gasteiger partial charge is 0.315 e. The van der Waals surface area contributed by atoms with Gasteiger partial charge in [0.15, 0.2) is 0 Å². The molecule has 6 nitrogen and oxygen atoms in total. The summed E-state index contributed by atoms with van der Waals surface area (Å²) >= 11 is 0. The SMILES string of the molecule is CC(C)NC(=O)NC(CC(=O)NCC#N)C1CCCCC1. The van der Waals surface area contributed by atoms with Gasteiger partial charge >= 0.3 is 6.03 Å². The molecular weight excluding hydrogens is 268 g/mol. The first-order valence-electron chi connectivity index (χ1n) is 7.73. The van der Waals surface area contributed by atoms with Crippen molar-refractivity contribution in [2.45, 2.75) is 64.5 Å². The van der Waals surface area contributed by atoms with Gasteiger partial charge in [0.2, 0.25) is 5.91 Å². The first-order chi connectivity index (χ1) is 10.0. The molecule has 1 rings (SSSR count). The molecule has 0 heterocycles. The number of nitrogens with zero attached hydrogens (tertiary/aromatic N) is 1. The second kappa shape index (κ2) is 9.22. The molecule has 0 bridgehead atoms. The normalized spacial score (nSPS) is 16.9. The van der Waals surface area contributed by atoms with Crippen molar-refractivity contribution in [3.05, 3.63) is 0 Å². The van der Waals surface area contributed by atoms with Crippen LogP contribution in [0.15, 0.2) is 0 Å². The van der Waals surface area contributed by atoms with Crippen LogP contribution in [0.4, 0.5) is 4.79 Å². The number of hydrogen-bond acceptors (Lipinski definition) is 3. The minimum atomic E-state index is -0.228. The second-order valence-corrected chi connectivity index (χ2v) is 5.92. The zero-order chi connectivity index (χ0) is 15.7. The maximum absolute atomic E-state index is 11.9. The third-order valence-electron chi connectivity index (χ3n) is 3.73. The number of nitrogens with one attached hydrogen (secondary N) is 3. The average molecular weight is 294 g/mol. The number of nitriles is 1. The summed E-state index contributed by atoms with van der Waals surface area (Å²) in [4.78, 5) is 23.7. The molecule has 0 saturated heterocycles. The fourth-order valence-corrected chi connectivity index (χ4v) is 2.75. The summed E-state index contributed by atoms with van der Waals surface area (Å²) < 4.78 is 0. The maximum atomic E-state index is 11.9. The van der Waals surface area contributed by atoms with Gasteiger partial charge in [-0.3, -0.25) is 4.79 Å². The molecule has 1 fully saturated rings. The Balaban J connectivity index is 2.58. The van der Waals surface area contributed by atoms with E-state index in [0.29, 0.717) is 5.92 Å². The van der Waals surface area contributed by atoms with Crippen LogP contribution in [-0.2, 0) is 4.79 Å². The summed E-state index contributed by atoms with van der Waals surface area (Å²) in [5.41, 5.74) is 0. The Morgan fingerprint density at radius 1 is 1.19 bits per heavy atom. The van der Waals surface area contributed by atoms with Gasteiger partial charge in [-0.05, 0) is 32.6 Å². The number of amides is 3. The van der Waals surface area contributed by atoms with Gasteiger partial charge in [0.05, 0.1) is 6.07 Å². The number of urea groups is 1. The molecule has 3 amide bonds. The lowest BCUT2D eigenvalue weighted by atomic mass is 9.82. The number of carbonyl (C=O) groups excluding carboxylic acids is 2. The van der Waals surface area contributed by atoms with Gasteiger partial charge < -0.3 is 16.0 Å². The summed E-state index contributed by atoms with van der Waals surface area (Å²) in [6, 6.07) is 1.55. The van der Waals surface area contributed by atoms with Crippen LogP contribution < -0.4 is 16.0 Å². The molecule has 1 aliphatic rings. The van der Waals surface area contributed by atoms with E-state index in [1.165, 1.54) is 6.42 Å². The van der Waals surface area contributed by atoms with Crippen LogP contribution in [0.2, 0.25) is 0 Å². The van der Waals surface area contributed by atoms with Crippen LogP contribution in [0.25, 0.3) is 0 Å². The average Bonchev–Trinajstić information content (AvgIpc) is 2.44. The molecule has 0 spiro atoms. The van der Waals surface area contributed by atoms with Crippen LogP contribution in [0.1, 0.15) is 52.4 Å². The van der Waals surface area contributed by atoms with Gasteiger partial charge in [-0.15, -0.1) is 0 Å². The van der Waals surface area contributed by atoms with Crippen molar-refractivity contribution in [1.29, 1.82) is 5.26 Å². The van der Waals surface area contributed by atoms with Crippen LogP contribution >= 0.6 is 0 Å². The van der Waals surface area contributed by atoms with E-state index >= 15 is 0 Å². The van der Waals surface area contributed by atoms with E-state index in [-0.39, 0.29) is 37.0 Å². The second-order valence-electron chi connectivity index (χ2n) is 5.92. The molecule has 6 heteroatoms. The molecule has 3 N–H and O–H groups in total. The van der Waals surface area contributed by atoms with Crippen LogP contribution in [0.5, 0.6) is 0 Å². The number of carbonyl (C=O) groups is 2. The van der Waals surface area contributed by atoms with Crippen LogP contribution in [0, 0.1) is 17.2 Å². The van der Waals surface area contributed by atoms with Crippen LogP contribution in [-0.4, -0.2) is 30.6 Å². The molecular formula is C15H26N4O2. The van der Waals surface area contributed by atoms with E-state index in [1.54, 1.807) is 0 Å². The lowest BCUT2D eigenvalue weighted by Gasteiger charge is -2.30. The van der Waals surface area contributed by atoms with Gasteiger partial charge in [-0.25, -0.2) is 4.79 Å². The Morgan fingerprint density at radius 2 is 1.86 bits per heavy atom. The summed E-state index contributed by atoms with van der Waals surface area (Å²) in [6.45, 7) is 3.80. The molecule has 1 atom stereocenters. The highest BCUT2D eigenvalue weighted by molar-refractivity contribution is 5.79. The zero-order valence-corrected chi connectivity index (χ0v) is 12.9. The first-order valence-corrected chi connectivity index (χ1v) is 7.73. The van der Waals surface area contributed by atoms with E-state index in [9.17, 15) is 9.59 Å². The zero-order valence-electron chi connectivity index (χ0n) is 12.9. The van der Waals surface area contributed by atoms with Crippen molar-refractivity contribution in [3.8, 4) is 6.07 Å². The third-order valence-corrected chi connectivity index (χ3v) is 3.73. The molecule has 0 radical (unpaired) electrons. The summed E-state index contributed by atoms with van der Waals surface area (Å²) in [5.74, 6) is 0.154. The molecule has 0 aromatic heterocycles. The highest BCUT2D eigenvalue weighted by Crippen LogP contribution is 2.27. The molecule has 0 aliphatic heterocycles. The minimum Gasteiger partial charge on any atom is -0.343 e. The molecule has 1 aliphatic carbocycles. The first kappa shape index (κ1) is 17.3. The van der Waals surface area contributed by atoms with E-state index in [0.717, 1.165) is 25.7 Å². The Hall–Kier alpha value is -1.77. The Labute approximate surface area is 126 Å². The van der Waals surface area contributed by atoms with Crippen molar-refractivity contribution in [2.24, 2.45) is 5.92 Å². The van der Waals surface area contributed by atoms with Gasteiger partial charge in [0, 0.05) is 18.5 Å². The predicted octanol–water partition coefficient (Wildman–Crippen LogP) is 1.67. The number of rotatable bonds is 6. The molecule has 118 valence electrons. The van der Waals surface area contributed by atoms with Gasteiger partial charge in [0.25, 0.3) is 0 Å². The molecule has 0 aromatic carbocycles. The highest BCUT2D eigenvalue weighted by atomic mass is 16.2. The fraction of sp³-hybridized carbons (Fsp3) is 0.800. The third kappa shape index (κ3) is 6.98. The van der Waals surface area contributed by atoms with Crippen molar-refractivity contribution in [3.63, 3.8) is 0 Å². The molecule has 1 unspecified atom stereocenters. The van der Waals surface area contributed by atoms with E-state index in [4.69, 9.17) is 5.26 Å². The van der Waals surface area contributed by atoms with Crippen molar-refractivity contribution < 1.29 is 9.59 Å². The fourth-order valence-electron chi connectivity index (χ4n) is 2.75. The Bertz CT molecular complexity index is 384. The lowest BCUT2D eigenvalue weighted by molar-refractivity contribution is -0.121. The largest absolute Gasteiger partial charge is 0.343 e. The van der Waals surface area contributed by atoms with Gasteiger partial charge in [0.1, 0.15) is 6.54 Å². The standard InChI is InChI=1S/C15H26N4O2/c1-11(2)18-15(21)19-13(10-14(20)17-9-8-16)12-6-4-3-5-7-12/h11-13H,3-7,9-10H2,1-2H3,(H,17,20)(H2,18,19,21). The molecule has 21 heavy (non-hydrogen) atoms. The summed E-state index contributed by atoms with van der Waals surface area (Å²) in [6.07, 6.45) is 5.83.